The number of carbonyl (C=O) groups is 3. The minimum absolute atomic E-state index is 0.0373. The minimum atomic E-state index is -0.600. The van der Waals surface area contributed by atoms with Crippen LogP contribution in [0.5, 0.6) is 0 Å². The lowest BCUT2D eigenvalue weighted by atomic mass is 10.1. The lowest BCUT2D eigenvalue weighted by molar-refractivity contribution is -0.130. The van der Waals surface area contributed by atoms with Crippen LogP contribution in [-0.4, -0.2) is 77.9 Å². The summed E-state index contributed by atoms with van der Waals surface area (Å²) in [6.07, 6.45) is 34.0. The van der Waals surface area contributed by atoms with Crippen LogP contribution in [0.15, 0.2) is 61.7 Å². The normalized spacial score (nSPS) is 9.27. The highest BCUT2D eigenvalue weighted by atomic mass is 16.5. The van der Waals surface area contributed by atoms with E-state index in [1.54, 1.807) is 24.9 Å². The molecule has 0 aliphatic carbocycles. The Balaban J connectivity index is -0.000000167. The maximum atomic E-state index is 12.3. The van der Waals surface area contributed by atoms with E-state index in [0.717, 1.165) is 18.4 Å². The number of carbonyl (C=O) groups excluding carboxylic acids is 3. The largest absolute Gasteiger partial charge is 0.461 e. The summed E-state index contributed by atoms with van der Waals surface area (Å²) in [5, 5.41) is 12.6. The topological polar surface area (TPSA) is 137 Å². The number of rotatable bonds is 21. The van der Waals surface area contributed by atoms with E-state index < -0.39 is 5.97 Å². The van der Waals surface area contributed by atoms with Gasteiger partial charge < -0.3 is 25.2 Å². The van der Waals surface area contributed by atoms with Gasteiger partial charge in [0.15, 0.2) is 12.0 Å². The highest BCUT2D eigenvalue weighted by Crippen LogP contribution is 2.09. The molecule has 0 unspecified atom stereocenters. The standard InChI is InChI=1S/C18H29N3O4.C11H22O.C7H8O.C3H6.C2H6.2C2H2.CH5N/c1-4-6-7-8-9-10-11-20(3)17(23)13-21-15(14-22)12-16(19-21)18(24)25-5-2;1-4-6-7-8-9-11(3)12-10-5-2;8-6-7-4-2-1-3-5-7;1-3-2;4*1-2/h12,14H,4-11,13H2,1-3H3;5,11H,2,4,6-10H2,1,3H3;1-5,8H,6H2;3H,1H2,2H3;1-2H3;2*1-2H;2H2,1H3/t;11-;;;;;;/m.1....../s1. The maximum Gasteiger partial charge on any atom is 0.358 e. The van der Waals surface area contributed by atoms with Crippen molar-refractivity contribution in [3.8, 4) is 25.7 Å². The Hall–Kier alpha value is -4.48. The van der Waals surface area contributed by atoms with Crippen molar-refractivity contribution in [2.45, 2.75) is 138 Å². The molecule has 0 aliphatic rings. The Labute approximate surface area is 343 Å². The summed E-state index contributed by atoms with van der Waals surface area (Å²) >= 11 is 0. The van der Waals surface area contributed by atoms with Gasteiger partial charge in [-0.15, -0.1) is 38.9 Å². The lowest BCUT2D eigenvalue weighted by Crippen LogP contribution is -2.32. The number of amides is 1. The number of aliphatic hydroxyl groups excluding tert-OH is 1. The van der Waals surface area contributed by atoms with Crippen molar-refractivity contribution in [2.75, 3.05) is 33.9 Å². The maximum absolute atomic E-state index is 12.3. The fraction of sp³-hybridized carbons (Fsp3) is 0.565. The van der Waals surface area contributed by atoms with Crippen LogP contribution in [-0.2, 0) is 27.4 Å². The van der Waals surface area contributed by atoms with E-state index in [2.05, 4.69) is 70.5 Å². The molecule has 10 nitrogen and oxygen atoms in total. The molecule has 0 saturated carbocycles. The number of likely N-dealkylation sites (N-methyl/N-ethyl adjacent to an activating group) is 1. The minimum Gasteiger partial charge on any atom is -0.461 e. The van der Waals surface area contributed by atoms with Crippen molar-refractivity contribution in [1.82, 2.24) is 14.7 Å². The van der Waals surface area contributed by atoms with Crippen molar-refractivity contribution in [3.05, 3.63) is 78.7 Å². The van der Waals surface area contributed by atoms with Gasteiger partial charge in [0.1, 0.15) is 12.2 Å². The summed E-state index contributed by atoms with van der Waals surface area (Å²) < 4.78 is 11.6. The predicted molar refractivity (Wildman–Crippen MR) is 238 cm³/mol. The van der Waals surface area contributed by atoms with Gasteiger partial charge in [0.05, 0.1) is 25.9 Å². The molecule has 10 heteroatoms. The van der Waals surface area contributed by atoms with Crippen LogP contribution >= 0.6 is 0 Å². The van der Waals surface area contributed by atoms with E-state index in [0.29, 0.717) is 25.5 Å². The first-order chi connectivity index (χ1) is 27.2. The van der Waals surface area contributed by atoms with Gasteiger partial charge in [0, 0.05) is 19.7 Å². The predicted octanol–water partition coefficient (Wildman–Crippen LogP) is 9.71. The van der Waals surface area contributed by atoms with Crippen LogP contribution in [0.4, 0.5) is 0 Å². The fourth-order valence-corrected chi connectivity index (χ4v) is 4.22. The molecule has 2 rings (SSSR count). The second-order valence-corrected chi connectivity index (χ2v) is 11.4. The van der Waals surface area contributed by atoms with Gasteiger partial charge in [-0.2, -0.15) is 5.10 Å². The van der Waals surface area contributed by atoms with Gasteiger partial charge in [-0.05, 0) is 46.2 Å². The van der Waals surface area contributed by atoms with Crippen LogP contribution in [0.3, 0.4) is 0 Å². The van der Waals surface area contributed by atoms with Crippen molar-refractivity contribution in [3.63, 3.8) is 0 Å². The molecule has 1 amide bonds. The van der Waals surface area contributed by atoms with Gasteiger partial charge >= 0.3 is 5.97 Å². The summed E-state index contributed by atoms with van der Waals surface area (Å²) in [5.41, 5.74) is 5.69. The second kappa shape index (κ2) is 54.9. The Bertz CT molecular complexity index is 1170. The van der Waals surface area contributed by atoms with E-state index in [1.807, 2.05) is 57.2 Å². The number of unbranched alkanes of at least 4 members (excludes halogenated alkanes) is 8. The molecular formula is C46H80N4O6. The van der Waals surface area contributed by atoms with Gasteiger partial charge in [0.2, 0.25) is 5.91 Å². The third-order valence-corrected chi connectivity index (χ3v) is 6.96. The lowest BCUT2D eigenvalue weighted by Gasteiger charge is -2.17. The van der Waals surface area contributed by atoms with Crippen LogP contribution < -0.4 is 5.73 Å². The quantitative estimate of drug-likeness (QED) is 0.0420. The zero-order valence-electron chi connectivity index (χ0n) is 36.7. The van der Waals surface area contributed by atoms with Crippen molar-refractivity contribution in [2.24, 2.45) is 5.73 Å². The second-order valence-electron chi connectivity index (χ2n) is 11.4. The molecular weight excluding hydrogens is 705 g/mol. The molecule has 320 valence electrons. The molecule has 2 aromatic rings. The number of hydrogen-bond acceptors (Lipinski definition) is 8. The molecule has 1 heterocycles. The molecule has 0 radical (unpaired) electrons. The number of aromatic nitrogens is 2. The summed E-state index contributed by atoms with van der Waals surface area (Å²) in [5.74, 6) is -0.743. The van der Waals surface area contributed by atoms with Crippen molar-refractivity contribution < 1.29 is 29.0 Å². The van der Waals surface area contributed by atoms with Crippen molar-refractivity contribution in [1.29, 1.82) is 0 Å². The number of nitrogens with zero attached hydrogens (tertiary/aromatic N) is 3. The first-order valence-corrected chi connectivity index (χ1v) is 19.8. The molecule has 56 heavy (non-hydrogen) atoms. The van der Waals surface area contributed by atoms with Crippen molar-refractivity contribution >= 4 is 18.2 Å². The average molecular weight is 785 g/mol. The fourth-order valence-electron chi connectivity index (χ4n) is 4.22. The third kappa shape index (κ3) is 42.3. The Kier molecular flexibility index (Phi) is 62.2. The SMILES string of the molecule is C#C.C#C.C=CC.C=CCO[C@H](C)CCCCCC.CC.CCCCCCCCN(C)C(=O)Cn1nc(C(=O)OCC)cc1C=O.CN.OCc1ccccc1. The molecule has 1 aromatic carbocycles. The zero-order valence-corrected chi connectivity index (χ0v) is 36.7. The smallest absolute Gasteiger partial charge is 0.358 e. The van der Waals surface area contributed by atoms with E-state index in [1.165, 1.54) is 75.6 Å². The van der Waals surface area contributed by atoms with Gasteiger partial charge in [0.25, 0.3) is 0 Å². The molecule has 0 aliphatic heterocycles. The number of ether oxygens (including phenoxy) is 2. The third-order valence-electron chi connectivity index (χ3n) is 6.96. The Morgan fingerprint density at radius 3 is 1.88 bits per heavy atom. The van der Waals surface area contributed by atoms with Gasteiger partial charge in [-0.1, -0.05) is 128 Å². The molecule has 0 spiro atoms. The summed E-state index contributed by atoms with van der Waals surface area (Å²) in [6.45, 7) is 22.8. The first kappa shape index (κ1) is 63.5. The number of benzene rings is 1. The van der Waals surface area contributed by atoms with Crippen LogP contribution in [0.1, 0.15) is 146 Å². The van der Waals surface area contributed by atoms with Crippen LogP contribution in [0.2, 0.25) is 0 Å². The zero-order chi connectivity index (χ0) is 44.4. The van der Waals surface area contributed by atoms with E-state index in [4.69, 9.17) is 14.6 Å². The number of aldehydes is 1. The average Bonchev–Trinajstić information content (AvgIpc) is 3.66. The number of nitrogens with two attached hydrogens (primary N) is 1. The highest BCUT2D eigenvalue weighted by Gasteiger charge is 2.18. The molecule has 1 aromatic heterocycles. The first-order valence-electron chi connectivity index (χ1n) is 19.8. The monoisotopic (exact) mass is 785 g/mol. The number of esters is 1. The number of hydrogen-bond donors (Lipinski definition) is 2. The van der Waals surface area contributed by atoms with Gasteiger partial charge in [-0.25, -0.2) is 4.79 Å². The summed E-state index contributed by atoms with van der Waals surface area (Å²) in [6, 6.07) is 10.9. The van der Waals surface area contributed by atoms with E-state index >= 15 is 0 Å². The van der Waals surface area contributed by atoms with Crippen LogP contribution in [0.25, 0.3) is 0 Å². The molecule has 3 N–H and O–H groups in total. The summed E-state index contributed by atoms with van der Waals surface area (Å²) in [7, 11) is 3.24. The number of terminal acetylenes is 2. The summed E-state index contributed by atoms with van der Waals surface area (Å²) in [4.78, 5) is 36.7. The van der Waals surface area contributed by atoms with Crippen LogP contribution in [0, 0.1) is 25.7 Å². The highest BCUT2D eigenvalue weighted by molar-refractivity contribution is 5.89. The van der Waals surface area contributed by atoms with E-state index in [-0.39, 0.29) is 37.1 Å². The Morgan fingerprint density at radius 1 is 0.929 bits per heavy atom. The molecule has 0 fully saturated rings. The number of allylic oxidation sites excluding steroid dienone is 1. The van der Waals surface area contributed by atoms with E-state index in [9.17, 15) is 14.4 Å². The molecule has 1 atom stereocenters. The van der Waals surface area contributed by atoms with Gasteiger partial charge in [-0.3, -0.25) is 14.3 Å². The molecule has 0 bridgehead atoms. The number of aliphatic hydroxyl groups is 1. The molecule has 0 saturated heterocycles. The Morgan fingerprint density at radius 2 is 1.43 bits per heavy atom.